The molecule has 0 bridgehead atoms. The number of sulfone groups is 1. The molecule has 1 aliphatic carbocycles. The number of nitrogens with zero attached hydrogens (tertiary/aromatic N) is 3. The minimum absolute atomic E-state index is 0.00657. The van der Waals surface area contributed by atoms with E-state index in [2.05, 4.69) is 10.1 Å². The Labute approximate surface area is 132 Å². The molecule has 0 saturated heterocycles. The molecule has 2 atom stereocenters. The van der Waals surface area contributed by atoms with Crippen LogP contribution in [0.15, 0.2) is 35.5 Å². The number of halogens is 1. The largest absolute Gasteiger partial charge is 0.300 e. The minimum Gasteiger partial charge on any atom is -0.300 e. The number of ketones is 1. The third-order valence-corrected chi connectivity index (χ3v) is 6.33. The van der Waals surface area contributed by atoms with Crippen LogP contribution in [0.3, 0.4) is 0 Å². The van der Waals surface area contributed by atoms with Gasteiger partial charge in [0, 0.05) is 19.3 Å². The van der Waals surface area contributed by atoms with Crippen molar-refractivity contribution in [2.75, 3.05) is 0 Å². The number of alkyl halides is 1. The first-order valence-corrected chi connectivity index (χ1v) is 8.92. The Morgan fingerprint density at radius 3 is 2.52 bits per heavy atom. The summed E-state index contributed by atoms with van der Waals surface area (Å²) in [7, 11) is -3.77. The van der Waals surface area contributed by atoms with Crippen LogP contribution in [-0.4, -0.2) is 34.2 Å². The van der Waals surface area contributed by atoms with Crippen molar-refractivity contribution in [2.24, 2.45) is 0 Å². The predicted molar refractivity (Wildman–Crippen MR) is 78.3 cm³/mol. The summed E-state index contributed by atoms with van der Waals surface area (Å²) in [5.74, 6) is -0.0427. The van der Waals surface area contributed by atoms with Crippen LogP contribution in [0.5, 0.6) is 0 Å². The first kappa shape index (κ1) is 14.5. The number of carbonyl (C=O) groups is 1. The average molecular weight is 335 g/mol. The van der Waals surface area contributed by atoms with Crippen LogP contribution in [-0.2, 0) is 14.6 Å². The summed E-state index contributed by atoms with van der Waals surface area (Å²) in [4.78, 5) is 15.0. The molecule has 8 heteroatoms. The molecule has 1 fully saturated rings. The van der Waals surface area contributed by atoms with Gasteiger partial charge in [-0.15, -0.1) is 5.10 Å². The lowest BCUT2D eigenvalue weighted by molar-refractivity contribution is -0.123. The summed E-state index contributed by atoms with van der Waals surface area (Å²) in [6, 6.07) is 8.89. The molecule has 0 unspecified atom stereocenters. The van der Waals surface area contributed by atoms with E-state index in [0.29, 0.717) is 0 Å². The normalized spacial score (nSPS) is 24.5. The van der Waals surface area contributed by atoms with Crippen molar-refractivity contribution in [3.63, 3.8) is 0 Å². The monoisotopic (exact) mass is 335 g/mol. The summed E-state index contributed by atoms with van der Waals surface area (Å²) in [6.45, 7) is 0. The number of rotatable bonds is 3. The second-order valence-corrected chi connectivity index (χ2v) is 8.06. The van der Waals surface area contributed by atoms with E-state index in [-0.39, 0.29) is 42.1 Å². The van der Waals surface area contributed by atoms with E-state index >= 15 is 0 Å². The molecule has 0 radical (unpaired) electrons. The van der Waals surface area contributed by atoms with E-state index in [1.54, 1.807) is 0 Å². The zero-order chi connectivity index (χ0) is 16.2. The number of hydrogen-bond acceptors (Lipinski definition) is 5. The highest BCUT2D eigenvalue weighted by atomic mass is 32.2. The van der Waals surface area contributed by atoms with Gasteiger partial charge >= 0.3 is 0 Å². The molecular weight excluding hydrogens is 321 g/mol. The number of fused-ring (bicyclic) bond motifs is 1. The number of hydrogen-bond donors (Lipinski definition) is 0. The van der Waals surface area contributed by atoms with Crippen molar-refractivity contribution in [3.8, 4) is 0 Å². The highest BCUT2D eigenvalue weighted by Gasteiger charge is 2.43. The molecule has 2 aliphatic rings. The Hall–Kier alpha value is -2.09. The van der Waals surface area contributed by atoms with Crippen LogP contribution in [0.2, 0.25) is 0 Å². The number of benzene rings is 1. The van der Waals surface area contributed by atoms with Crippen LogP contribution < -0.4 is 0 Å². The zero-order valence-corrected chi connectivity index (χ0v) is 12.9. The fourth-order valence-corrected chi connectivity index (χ4v) is 4.58. The summed E-state index contributed by atoms with van der Waals surface area (Å²) in [5.41, 5.74) is 0.863. The van der Waals surface area contributed by atoms with Gasteiger partial charge in [-0.25, -0.2) is 17.5 Å². The Kier molecular flexibility index (Phi) is 3.12. The lowest BCUT2D eigenvalue weighted by Crippen LogP contribution is -2.36. The first-order chi connectivity index (χ1) is 11.0. The highest BCUT2D eigenvalue weighted by Crippen LogP contribution is 2.40. The van der Waals surface area contributed by atoms with Gasteiger partial charge in [-0.2, -0.15) is 4.98 Å². The summed E-state index contributed by atoms with van der Waals surface area (Å²) in [5, 5.41) is 2.93. The standard InChI is InChI=1S/C15H14FN3O3S/c16-12-8-13(9-4-2-1-3-5-9)19-14(12)17-15(18-19)23(21,22)11-6-10(20)7-11/h1-5,11-13H,6-8H2/t12-,13-/m0/s1. The van der Waals surface area contributed by atoms with Gasteiger partial charge in [0.2, 0.25) is 9.84 Å². The van der Waals surface area contributed by atoms with Crippen molar-refractivity contribution < 1.29 is 17.6 Å². The molecular formula is C15H14FN3O3S. The van der Waals surface area contributed by atoms with Gasteiger partial charge in [-0.3, -0.25) is 4.79 Å². The Morgan fingerprint density at radius 2 is 1.87 bits per heavy atom. The molecule has 1 aromatic heterocycles. The van der Waals surface area contributed by atoms with Crippen LogP contribution in [0.4, 0.5) is 4.39 Å². The van der Waals surface area contributed by atoms with E-state index in [1.807, 2.05) is 30.3 Å². The third-order valence-electron chi connectivity index (χ3n) is 4.43. The molecule has 0 spiro atoms. The molecule has 4 rings (SSSR count). The third kappa shape index (κ3) is 2.20. The maximum Gasteiger partial charge on any atom is 0.267 e. The van der Waals surface area contributed by atoms with Gasteiger partial charge in [0.05, 0.1) is 11.3 Å². The van der Waals surface area contributed by atoms with Gasteiger partial charge in [-0.05, 0) is 5.56 Å². The average Bonchev–Trinajstić information content (AvgIpc) is 3.06. The maximum absolute atomic E-state index is 14.2. The van der Waals surface area contributed by atoms with Crippen molar-refractivity contribution in [1.29, 1.82) is 0 Å². The molecule has 1 aromatic carbocycles. The molecule has 120 valence electrons. The van der Waals surface area contributed by atoms with Gasteiger partial charge in [0.25, 0.3) is 5.16 Å². The summed E-state index contributed by atoms with van der Waals surface area (Å²) in [6.07, 6.45) is -1.16. The lowest BCUT2D eigenvalue weighted by Gasteiger charge is -2.22. The van der Waals surface area contributed by atoms with Crippen molar-refractivity contribution in [3.05, 3.63) is 41.7 Å². The SMILES string of the molecule is O=C1CC(S(=O)(=O)c2nc3n(n2)[C@H](c2ccccc2)C[C@@H]3F)C1. The Morgan fingerprint density at radius 1 is 1.17 bits per heavy atom. The summed E-state index contributed by atoms with van der Waals surface area (Å²) < 4.78 is 40.4. The fourth-order valence-electron chi connectivity index (χ4n) is 3.05. The fraction of sp³-hybridized carbons (Fsp3) is 0.400. The minimum atomic E-state index is -3.77. The molecule has 23 heavy (non-hydrogen) atoms. The van der Waals surface area contributed by atoms with E-state index < -0.39 is 21.3 Å². The number of aromatic nitrogens is 3. The second kappa shape index (κ2) is 4.95. The molecule has 2 aromatic rings. The quantitative estimate of drug-likeness (QED) is 0.854. The topological polar surface area (TPSA) is 81.9 Å². The van der Waals surface area contributed by atoms with Crippen LogP contribution in [0.25, 0.3) is 0 Å². The van der Waals surface area contributed by atoms with Gasteiger partial charge in [-0.1, -0.05) is 30.3 Å². The maximum atomic E-state index is 14.2. The lowest BCUT2D eigenvalue weighted by atomic mass is 9.98. The Bertz CT molecular complexity index is 871. The zero-order valence-electron chi connectivity index (χ0n) is 12.1. The smallest absolute Gasteiger partial charge is 0.267 e. The molecule has 0 amide bonds. The Balaban J connectivity index is 1.72. The summed E-state index contributed by atoms with van der Waals surface area (Å²) >= 11 is 0. The highest BCUT2D eigenvalue weighted by molar-refractivity contribution is 7.92. The van der Waals surface area contributed by atoms with Crippen molar-refractivity contribution in [2.45, 2.75) is 41.9 Å². The van der Waals surface area contributed by atoms with E-state index in [1.165, 1.54) is 4.68 Å². The second-order valence-electron chi connectivity index (χ2n) is 5.94. The predicted octanol–water partition coefficient (Wildman–Crippen LogP) is 1.79. The van der Waals surface area contributed by atoms with Gasteiger partial charge in [0.15, 0.2) is 12.0 Å². The van der Waals surface area contributed by atoms with E-state index in [9.17, 15) is 17.6 Å². The number of Topliss-reactive ketones (excluding diaryl/α,β-unsaturated/α-hetero) is 1. The molecule has 0 N–H and O–H groups in total. The van der Waals surface area contributed by atoms with Gasteiger partial charge in [0.1, 0.15) is 5.78 Å². The van der Waals surface area contributed by atoms with Crippen LogP contribution in [0, 0.1) is 0 Å². The van der Waals surface area contributed by atoms with Gasteiger partial charge < -0.3 is 0 Å². The van der Waals surface area contributed by atoms with Crippen molar-refractivity contribution >= 4 is 15.6 Å². The molecule has 2 heterocycles. The van der Waals surface area contributed by atoms with E-state index in [4.69, 9.17) is 0 Å². The molecule has 1 aliphatic heterocycles. The first-order valence-electron chi connectivity index (χ1n) is 7.38. The van der Waals surface area contributed by atoms with Crippen LogP contribution in [0.1, 0.15) is 42.9 Å². The number of carbonyl (C=O) groups excluding carboxylic acids is 1. The van der Waals surface area contributed by atoms with Crippen LogP contribution >= 0.6 is 0 Å². The van der Waals surface area contributed by atoms with Crippen molar-refractivity contribution in [1.82, 2.24) is 14.8 Å². The van der Waals surface area contributed by atoms with E-state index in [0.717, 1.165) is 5.56 Å². The molecule has 1 saturated carbocycles. The molecule has 6 nitrogen and oxygen atoms in total.